The molecular formula is C24H23ClN2O3. The zero-order valence-corrected chi connectivity index (χ0v) is 17.4. The molecule has 0 unspecified atom stereocenters. The molecule has 0 spiro atoms. The summed E-state index contributed by atoms with van der Waals surface area (Å²) < 4.78 is 11.5. The van der Waals surface area contributed by atoms with Gasteiger partial charge in [-0.2, -0.15) is 0 Å². The molecule has 1 fully saturated rings. The number of morpholine rings is 1. The third-order valence-corrected chi connectivity index (χ3v) is 6.20. The second-order valence-electron chi connectivity index (χ2n) is 7.57. The minimum atomic E-state index is -0.0582. The Hall–Kier alpha value is -2.76. The van der Waals surface area contributed by atoms with Crippen molar-refractivity contribution >= 4 is 39.7 Å². The van der Waals surface area contributed by atoms with Crippen LogP contribution >= 0.6 is 11.6 Å². The van der Waals surface area contributed by atoms with Gasteiger partial charge in [0.05, 0.1) is 18.2 Å². The molecule has 5 rings (SSSR count). The Morgan fingerprint density at radius 3 is 2.53 bits per heavy atom. The number of benzene rings is 3. The first kappa shape index (κ1) is 19.2. The molecule has 0 N–H and O–H groups in total. The molecule has 2 aliphatic heterocycles. The molecule has 0 bridgehead atoms. The van der Waals surface area contributed by atoms with Crippen molar-refractivity contribution in [3.63, 3.8) is 0 Å². The molecule has 0 atom stereocenters. The largest absolute Gasteiger partial charge is 0.482 e. The van der Waals surface area contributed by atoms with Gasteiger partial charge in [0.2, 0.25) is 0 Å². The van der Waals surface area contributed by atoms with Crippen molar-refractivity contribution in [2.45, 2.75) is 6.42 Å². The summed E-state index contributed by atoms with van der Waals surface area (Å²) >= 11 is 6.68. The van der Waals surface area contributed by atoms with Crippen LogP contribution < -0.4 is 14.5 Å². The van der Waals surface area contributed by atoms with Crippen molar-refractivity contribution in [1.82, 2.24) is 0 Å². The predicted octanol–water partition coefficient (Wildman–Crippen LogP) is 4.30. The standard InChI is InChI=1S/C24H23ClN2O3/c25-24-19-7-3-2-6-18(19)21(26-11-13-29-14-12-26)15-22(24)30-16-23(28)27-10-9-17-5-1-4-8-20(17)27/h1-8,15H,9-14,16H2. The fourth-order valence-electron chi connectivity index (χ4n) is 4.28. The van der Waals surface area contributed by atoms with Crippen LogP contribution in [0.1, 0.15) is 5.56 Å². The average Bonchev–Trinajstić information content (AvgIpc) is 3.23. The van der Waals surface area contributed by atoms with Crippen molar-refractivity contribution in [1.29, 1.82) is 0 Å². The number of anilines is 2. The van der Waals surface area contributed by atoms with Gasteiger partial charge in [-0.1, -0.05) is 54.1 Å². The first-order valence-corrected chi connectivity index (χ1v) is 10.6. The van der Waals surface area contributed by atoms with E-state index in [1.165, 1.54) is 5.56 Å². The second-order valence-corrected chi connectivity index (χ2v) is 7.94. The van der Waals surface area contributed by atoms with Gasteiger partial charge in [0.1, 0.15) is 5.75 Å². The molecule has 6 heteroatoms. The number of carbonyl (C=O) groups is 1. The van der Waals surface area contributed by atoms with Crippen LogP contribution in [0.2, 0.25) is 5.02 Å². The minimum Gasteiger partial charge on any atom is -0.482 e. The third-order valence-electron chi connectivity index (χ3n) is 5.81. The van der Waals surface area contributed by atoms with E-state index in [-0.39, 0.29) is 12.5 Å². The number of amides is 1. The van der Waals surface area contributed by atoms with Gasteiger partial charge >= 0.3 is 0 Å². The number of fused-ring (bicyclic) bond motifs is 2. The highest BCUT2D eigenvalue weighted by molar-refractivity contribution is 6.37. The molecule has 30 heavy (non-hydrogen) atoms. The average molecular weight is 423 g/mol. The Bertz CT molecular complexity index is 1100. The van der Waals surface area contributed by atoms with Crippen molar-refractivity contribution < 1.29 is 14.3 Å². The predicted molar refractivity (Wildman–Crippen MR) is 120 cm³/mol. The molecule has 0 aliphatic carbocycles. The van der Waals surface area contributed by atoms with E-state index in [1.807, 2.05) is 42.5 Å². The zero-order valence-electron chi connectivity index (χ0n) is 16.6. The Labute approximate surface area is 180 Å². The summed E-state index contributed by atoms with van der Waals surface area (Å²) in [5.41, 5.74) is 3.24. The molecular weight excluding hydrogens is 400 g/mol. The second kappa shape index (κ2) is 8.17. The Morgan fingerprint density at radius 1 is 0.967 bits per heavy atom. The highest BCUT2D eigenvalue weighted by Crippen LogP contribution is 2.40. The number of hydrogen-bond acceptors (Lipinski definition) is 4. The molecule has 1 saturated heterocycles. The van der Waals surface area contributed by atoms with Crippen LogP contribution in [0.5, 0.6) is 5.75 Å². The van der Waals surface area contributed by atoms with E-state index in [2.05, 4.69) is 17.0 Å². The summed E-state index contributed by atoms with van der Waals surface area (Å²) in [4.78, 5) is 17.0. The molecule has 2 aliphatic rings. The quantitative estimate of drug-likeness (QED) is 0.628. The van der Waals surface area contributed by atoms with Gasteiger partial charge < -0.3 is 19.3 Å². The Morgan fingerprint density at radius 2 is 1.70 bits per heavy atom. The fourth-order valence-corrected chi connectivity index (χ4v) is 4.56. The molecule has 3 aromatic carbocycles. The number of ether oxygens (including phenoxy) is 2. The summed E-state index contributed by atoms with van der Waals surface area (Å²) in [5.74, 6) is 0.481. The number of halogens is 1. The van der Waals surface area contributed by atoms with Crippen molar-refractivity contribution in [3.05, 3.63) is 65.2 Å². The summed E-state index contributed by atoms with van der Waals surface area (Å²) in [5, 5.41) is 2.55. The third kappa shape index (κ3) is 3.48. The monoisotopic (exact) mass is 422 g/mol. The van der Waals surface area contributed by atoms with Gasteiger partial charge in [-0.15, -0.1) is 0 Å². The van der Waals surface area contributed by atoms with E-state index in [0.29, 0.717) is 30.5 Å². The maximum atomic E-state index is 12.9. The summed E-state index contributed by atoms with van der Waals surface area (Å²) in [6, 6.07) is 18.0. The molecule has 0 aromatic heterocycles. The molecule has 5 nitrogen and oxygen atoms in total. The minimum absolute atomic E-state index is 0.0467. The maximum absolute atomic E-state index is 12.9. The lowest BCUT2D eigenvalue weighted by Gasteiger charge is -2.30. The Balaban J connectivity index is 1.42. The van der Waals surface area contributed by atoms with Gasteiger partial charge in [0.15, 0.2) is 6.61 Å². The van der Waals surface area contributed by atoms with E-state index < -0.39 is 0 Å². The van der Waals surface area contributed by atoms with Crippen LogP contribution in [0.15, 0.2) is 54.6 Å². The first-order valence-electron chi connectivity index (χ1n) is 10.3. The lowest BCUT2D eigenvalue weighted by molar-refractivity contribution is -0.120. The number of para-hydroxylation sites is 1. The smallest absolute Gasteiger partial charge is 0.264 e. The number of nitrogens with zero attached hydrogens (tertiary/aromatic N) is 2. The SMILES string of the molecule is O=C(COc1cc(N2CCOCC2)c2ccccc2c1Cl)N1CCc2ccccc21. The summed E-state index contributed by atoms with van der Waals surface area (Å²) in [6.45, 7) is 3.66. The highest BCUT2D eigenvalue weighted by Gasteiger charge is 2.25. The molecule has 2 heterocycles. The molecule has 0 saturated carbocycles. The van der Waals surface area contributed by atoms with Crippen LogP contribution in [0.4, 0.5) is 11.4 Å². The fraction of sp³-hybridized carbons (Fsp3) is 0.292. The van der Waals surface area contributed by atoms with Gasteiger partial charge in [-0.05, 0) is 18.1 Å². The van der Waals surface area contributed by atoms with Crippen LogP contribution in [-0.2, 0) is 16.0 Å². The number of carbonyl (C=O) groups excluding carboxylic acids is 1. The van der Waals surface area contributed by atoms with Gasteiger partial charge in [-0.25, -0.2) is 0 Å². The van der Waals surface area contributed by atoms with E-state index in [9.17, 15) is 4.79 Å². The van der Waals surface area contributed by atoms with E-state index in [4.69, 9.17) is 21.1 Å². The van der Waals surface area contributed by atoms with Crippen LogP contribution in [-0.4, -0.2) is 45.4 Å². The molecule has 0 radical (unpaired) electrons. The van der Waals surface area contributed by atoms with Crippen molar-refractivity contribution in [2.24, 2.45) is 0 Å². The number of hydrogen-bond donors (Lipinski definition) is 0. The van der Waals surface area contributed by atoms with Crippen molar-refractivity contribution in [3.8, 4) is 5.75 Å². The van der Waals surface area contributed by atoms with Gasteiger partial charge in [0, 0.05) is 47.8 Å². The van der Waals surface area contributed by atoms with E-state index >= 15 is 0 Å². The van der Waals surface area contributed by atoms with Crippen LogP contribution in [0, 0.1) is 0 Å². The lowest BCUT2D eigenvalue weighted by atomic mass is 10.1. The van der Waals surface area contributed by atoms with Gasteiger partial charge in [0.25, 0.3) is 5.91 Å². The lowest BCUT2D eigenvalue weighted by Crippen LogP contribution is -2.36. The topological polar surface area (TPSA) is 42.0 Å². The summed E-state index contributed by atoms with van der Waals surface area (Å²) in [6.07, 6.45) is 0.875. The van der Waals surface area contributed by atoms with E-state index in [1.54, 1.807) is 4.90 Å². The van der Waals surface area contributed by atoms with Crippen LogP contribution in [0.25, 0.3) is 10.8 Å². The number of rotatable bonds is 4. The first-order chi connectivity index (χ1) is 14.7. The van der Waals surface area contributed by atoms with Crippen LogP contribution in [0.3, 0.4) is 0 Å². The molecule has 1 amide bonds. The summed E-state index contributed by atoms with van der Waals surface area (Å²) in [7, 11) is 0. The highest BCUT2D eigenvalue weighted by atomic mass is 35.5. The zero-order chi connectivity index (χ0) is 20.5. The van der Waals surface area contributed by atoms with Crippen molar-refractivity contribution in [2.75, 3.05) is 49.3 Å². The Kier molecular flexibility index (Phi) is 5.23. The normalized spacial score (nSPS) is 16.0. The maximum Gasteiger partial charge on any atom is 0.264 e. The van der Waals surface area contributed by atoms with Gasteiger partial charge in [-0.3, -0.25) is 4.79 Å². The molecule has 3 aromatic rings. The van der Waals surface area contributed by atoms with E-state index in [0.717, 1.165) is 41.7 Å². The molecule has 154 valence electrons.